The SMILES string of the molecule is CNc1nccc(-c2nc3cc(C(=O)NC(CNc4nccc(-c5ccccc5)n4)C(=O)OC)ccc3[nH]2)n1. The molecule has 5 rings (SSSR count). The first kappa shape index (κ1) is 25.3. The molecule has 12 nitrogen and oxygen atoms in total. The third-order valence-electron chi connectivity index (χ3n) is 5.85. The van der Waals surface area contributed by atoms with E-state index in [2.05, 4.69) is 45.9 Å². The highest BCUT2D eigenvalue weighted by molar-refractivity contribution is 5.99. The molecule has 1 atom stereocenters. The van der Waals surface area contributed by atoms with Crippen LogP contribution in [0.15, 0.2) is 73.1 Å². The van der Waals surface area contributed by atoms with Crippen molar-refractivity contribution in [1.29, 1.82) is 0 Å². The van der Waals surface area contributed by atoms with E-state index in [0.29, 0.717) is 34.5 Å². The molecule has 0 aliphatic heterocycles. The van der Waals surface area contributed by atoms with Gasteiger partial charge in [-0.3, -0.25) is 4.79 Å². The Kier molecular flexibility index (Phi) is 7.35. The van der Waals surface area contributed by atoms with E-state index in [9.17, 15) is 9.59 Å². The standard InChI is InChI=1S/C27H25N9O3/c1-28-26-29-13-11-20(36-26)23-32-19-9-8-17(14-21(19)33-23)24(37)34-22(25(38)39-2)15-31-27-30-12-10-18(35-27)16-6-4-3-5-7-16/h3-14,22H,15H2,1-2H3,(H,32,33)(H,34,37)(H,28,29,36)(H,30,31,35). The van der Waals surface area contributed by atoms with Crippen molar-refractivity contribution < 1.29 is 14.3 Å². The van der Waals surface area contributed by atoms with Crippen molar-refractivity contribution in [2.45, 2.75) is 6.04 Å². The lowest BCUT2D eigenvalue weighted by Gasteiger charge is -2.17. The number of carbonyl (C=O) groups excluding carboxylic acids is 2. The highest BCUT2D eigenvalue weighted by atomic mass is 16.5. The number of esters is 1. The molecule has 0 saturated carbocycles. The lowest BCUT2D eigenvalue weighted by atomic mass is 10.1. The zero-order chi connectivity index (χ0) is 27.2. The van der Waals surface area contributed by atoms with E-state index in [1.165, 1.54) is 7.11 Å². The summed E-state index contributed by atoms with van der Waals surface area (Å²) in [5, 5.41) is 8.63. The lowest BCUT2D eigenvalue weighted by Crippen LogP contribution is -2.46. The van der Waals surface area contributed by atoms with Gasteiger partial charge >= 0.3 is 5.97 Å². The molecule has 0 bridgehead atoms. The highest BCUT2D eigenvalue weighted by Gasteiger charge is 2.23. The summed E-state index contributed by atoms with van der Waals surface area (Å²) in [6.45, 7) is 0.0208. The van der Waals surface area contributed by atoms with Gasteiger partial charge in [0.1, 0.15) is 11.7 Å². The monoisotopic (exact) mass is 523 g/mol. The average molecular weight is 524 g/mol. The number of hydrogen-bond acceptors (Lipinski definition) is 10. The summed E-state index contributed by atoms with van der Waals surface area (Å²) >= 11 is 0. The quantitative estimate of drug-likeness (QED) is 0.212. The van der Waals surface area contributed by atoms with Gasteiger partial charge in [-0.15, -0.1) is 0 Å². The Morgan fingerprint density at radius 3 is 2.44 bits per heavy atom. The number of carbonyl (C=O) groups is 2. The van der Waals surface area contributed by atoms with Crippen molar-refractivity contribution >= 4 is 34.8 Å². The van der Waals surface area contributed by atoms with Crippen LogP contribution in [-0.2, 0) is 9.53 Å². The molecule has 0 aliphatic rings. The first-order valence-electron chi connectivity index (χ1n) is 12.1. The molecule has 3 aromatic heterocycles. The largest absolute Gasteiger partial charge is 0.467 e. The van der Waals surface area contributed by atoms with Gasteiger partial charge in [0, 0.05) is 37.1 Å². The second-order valence-electron chi connectivity index (χ2n) is 8.39. The van der Waals surface area contributed by atoms with Gasteiger partial charge in [0.2, 0.25) is 11.9 Å². The third kappa shape index (κ3) is 5.80. The van der Waals surface area contributed by atoms with E-state index < -0.39 is 17.9 Å². The molecular weight excluding hydrogens is 498 g/mol. The van der Waals surface area contributed by atoms with E-state index in [-0.39, 0.29) is 6.54 Å². The van der Waals surface area contributed by atoms with Crippen LogP contribution in [0.25, 0.3) is 33.8 Å². The van der Waals surface area contributed by atoms with Gasteiger partial charge in [-0.25, -0.2) is 29.7 Å². The van der Waals surface area contributed by atoms with Gasteiger partial charge in [0.05, 0.1) is 23.8 Å². The molecule has 2 aromatic carbocycles. The lowest BCUT2D eigenvalue weighted by molar-refractivity contribution is -0.142. The second-order valence-corrected chi connectivity index (χ2v) is 8.39. The normalized spacial score (nSPS) is 11.5. The summed E-state index contributed by atoms with van der Waals surface area (Å²) in [5.74, 6) is 0.249. The number of H-pyrrole nitrogens is 1. The molecule has 12 heteroatoms. The number of ether oxygens (including phenoxy) is 1. The fourth-order valence-corrected chi connectivity index (χ4v) is 3.86. The Morgan fingerprint density at radius 1 is 0.923 bits per heavy atom. The minimum atomic E-state index is -0.988. The minimum absolute atomic E-state index is 0.0208. The maximum Gasteiger partial charge on any atom is 0.330 e. The maximum atomic E-state index is 13.1. The summed E-state index contributed by atoms with van der Waals surface area (Å²) in [5.41, 5.74) is 3.89. The van der Waals surface area contributed by atoms with Crippen molar-refractivity contribution in [2.75, 3.05) is 31.3 Å². The molecule has 1 unspecified atom stereocenters. The van der Waals surface area contributed by atoms with Crippen molar-refractivity contribution in [3.8, 4) is 22.8 Å². The van der Waals surface area contributed by atoms with Crippen LogP contribution in [0.2, 0.25) is 0 Å². The molecule has 0 aliphatic carbocycles. The first-order chi connectivity index (χ1) is 19.0. The molecule has 39 heavy (non-hydrogen) atoms. The number of aromatic nitrogens is 6. The number of imidazole rings is 1. The average Bonchev–Trinajstić information content (AvgIpc) is 3.43. The minimum Gasteiger partial charge on any atom is -0.467 e. The molecule has 1 amide bonds. The second kappa shape index (κ2) is 11.3. The summed E-state index contributed by atoms with van der Waals surface area (Å²) in [6, 6.07) is 17.2. The number of amides is 1. The molecule has 0 radical (unpaired) electrons. The van der Waals surface area contributed by atoms with E-state index in [1.54, 1.807) is 49.8 Å². The fourth-order valence-electron chi connectivity index (χ4n) is 3.86. The Bertz CT molecular complexity index is 1620. The zero-order valence-corrected chi connectivity index (χ0v) is 21.2. The number of benzene rings is 2. The number of anilines is 2. The summed E-state index contributed by atoms with van der Waals surface area (Å²) in [6.07, 6.45) is 3.25. The van der Waals surface area contributed by atoms with Crippen LogP contribution in [0, 0.1) is 0 Å². The highest BCUT2D eigenvalue weighted by Crippen LogP contribution is 2.21. The van der Waals surface area contributed by atoms with Gasteiger partial charge in [-0.2, -0.15) is 0 Å². The first-order valence-corrected chi connectivity index (χ1v) is 12.1. The number of hydrogen-bond donors (Lipinski definition) is 4. The van der Waals surface area contributed by atoms with E-state index in [1.807, 2.05) is 30.3 Å². The molecule has 4 N–H and O–H groups in total. The third-order valence-corrected chi connectivity index (χ3v) is 5.85. The Labute approximate surface area is 223 Å². The topological polar surface area (TPSA) is 160 Å². The number of methoxy groups -OCH3 is 1. The molecule has 3 heterocycles. The van der Waals surface area contributed by atoms with Gasteiger partial charge in [-0.05, 0) is 30.3 Å². The predicted octanol–water partition coefficient (Wildman–Crippen LogP) is 2.90. The van der Waals surface area contributed by atoms with Crippen LogP contribution in [-0.4, -0.2) is 68.5 Å². The van der Waals surface area contributed by atoms with Gasteiger partial charge in [0.15, 0.2) is 5.82 Å². The van der Waals surface area contributed by atoms with Crippen LogP contribution in [0.1, 0.15) is 10.4 Å². The number of aromatic amines is 1. The number of nitrogens with one attached hydrogen (secondary N) is 4. The number of fused-ring (bicyclic) bond motifs is 1. The molecule has 196 valence electrons. The van der Waals surface area contributed by atoms with Crippen LogP contribution in [0.3, 0.4) is 0 Å². The summed E-state index contributed by atoms with van der Waals surface area (Å²) < 4.78 is 4.90. The van der Waals surface area contributed by atoms with Crippen molar-refractivity contribution in [3.05, 3.63) is 78.6 Å². The van der Waals surface area contributed by atoms with E-state index in [4.69, 9.17) is 4.74 Å². The van der Waals surface area contributed by atoms with Gasteiger partial charge in [-0.1, -0.05) is 30.3 Å². The van der Waals surface area contributed by atoms with Gasteiger partial charge in [0.25, 0.3) is 5.91 Å². The van der Waals surface area contributed by atoms with Crippen LogP contribution >= 0.6 is 0 Å². The van der Waals surface area contributed by atoms with Crippen LogP contribution in [0.4, 0.5) is 11.9 Å². The zero-order valence-electron chi connectivity index (χ0n) is 21.2. The molecule has 0 fully saturated rings. The van der Waals surface area contributed by atoms with Crippen LogP contribution < -0.4 is 16.0 Å². The molecular formula is C27H25N9O3. The number of nitrogens with zero attached hydrogens (tertiary/aromatic N) is 5. The smallest absolute Gasteiger partial charge is 0.330 e. The van der Waals surface area contributed by atoms with Crippen molar-refractivity contribution in [2.24, 2.45) is 0 Å². The summed E-state index contributed by atoms with van der Waals surface area (Å²) in [4.78, 5) is 50.5. The molecule has 0 spiro atoms. The van der Waals surface area contributed by atoms with Gasteiger partial charge < -0.3 is 25.7 Å². The summed E-state index contributed by atoms with van der Waals surface area (Å²) in [7, 11) is 2.99. The number of rotatable bonds is 9. The van der Waals surface area contributed by atoms with E-state index >= 15 is 0 Å². The Balaban J connectivity index is 1.30. The van der Waals surface area contributed by atoms with Crippen LogP contribution in [0.5, 0.6) is 0 Å². The molecule has 5 aromatic rings. The van der Waals surface area contributed by atoms with E-state index in [0.717, 1.165) is 16.8 Å². The predicted molar refractivity (Wildman–Crippen MR) is 146 cm³/mol. The Morgan fingerprint density at radius 2 is 1.67 bits per heavy atom. The fraction of sp³-hybridized carbons (Fsp3) is 0.148. The molecule has 0 saturated heterocycles. The van der Waals surface area contributed by atoms with Crippen molar-refractivity contribution in [1.82, 2.24) is 35.2 Å². The van der Waals surface area contributed by atoms with Crippen molar-refractivity contribution in [3.63, 3.8) is 0 Å². The maximum absolute atomic E-state index is 13.1. The Hall–Kier alpha value is -5.39.